The first-order valence-electron chi connectivity index (χ1n) is 3.96. The molecule has 0 saturated carbocycles. The Hall–Kier alpha value is -1.28. The standard InChI is InChI=1S/C10H14N2/c1-2-5-9(11)8-6-3-4-7-10(8)12/h2-4,6-7,9H,1,5,11-12H2. The van der Waals surface area contributed by atoms with Gasteiger partial charge in [-0.25, -0.2) is 0 Å². The van der Waals surface area contributed by atoms with E-state index in [1.807, 2.05) is 24.3 Å². The van der Waals surface area contributed by atoms with Gasteiger partial charge in [0.05, 0.1) is 0 Å². The number of nitrogen functional groups attached to an aromatic ring is 1. The van der Waals surface area contributed by atoms with Gasteiger partial charge in [-0.15, -0.1) is 6.58 Å². The van der Waals surface area contributed by atoms with Gasteiger partial charge in [0.15, 0.2) is 0 Å². The van der Waals surface area contributed by atoms with Crippen molar-refractivity contribution in [2.45, 2.75) is 12.5 Å². The Morgan fingerprint density at radius 3 is 2.67 bits per heavy atom. The Labute approximate surface area is 72.9 Å². The van der Waals surface area contributed by atoms with Crippen LogP contribution in [0.2, 0.25) is 0 Å². The van der Waals surface area contributed by atoms with Gasteiger partial charge in [0.2, 0.25) is 0 Å². The third kappa shape index (κ3) is 1.86. The van der Waals surface area contributed by atoms with E-state index in [0.29, 0.717) is 0 Å². The molecule has 1 rings (SSSR count). The van der Waals surface area contributed by atoms with Gasteiger partial charge in [-0.1, -0.05) is 24.3 Å². The van der Waals surface area contributed by atoms with Crippen molar-refractivity contribution >= 4 is 5.69 Å². The molecule has 1 unspecified atom stereocenters. The van der Waals surface area contributed by atoms with Crippen LogP contribution in [0.5, 0.6) is 0 Å². The Bertz CT molecular complexity index is 268. The van der Waals surface area contributed by atoms with E-state index in [2.05, 4.69) is 6.58 Å². The summed E-state index contributed by atoms with van der Waals surface area (Å²) in [5.41, 5.74) is 13.3. The third-order valence-electron chi connectivity index (χ3n) is 1.82. The number of anilines is 1. The minimum absolute atomic E-state index is 0.0244. The zero-order valence-electron chi connectivity index (χ0n) is 7.03. The number of benzene rings is 1. The van der Waals surface area contributed by atoms with Crippen molar-refractivity contribution in [3.63, 3.8) is 0 Å². The molecule has 0 radical (unpaired) electrons. The number of nitrogens with two attached hydrogens (primary N) is 2. The molecule has 12 heavy (non-hydrogen) atoms. The maximum Gasteiger partial charge on any atom is 0.0362 e. The van der Waals surface area contributed by atoms with Crippen LogP contribution in [0.4, 0.5) is 5.69 Å². The highest BCUT2D eigenvalue weighted by Gasteiger charge is 2.05. The monoisotopic (exact) mass is 162 g/mol. The van der Waals surface area contributed by atoms with Crippen molar-refractivity contribution in [2.75, 3.05) is 5.73 Å². The third-order valence-corrected chi connectivity index (χ3v) is 1.82. The molecule has 0 aliphatic rings. The molecule has 4 N–H and O–H groups in total. The summed E-state index contributed by atoms with van der Waals surface area (Å²) in [6, 6.07) is 7.62. The van der Waals surface area contributed by atoms with E-state index in [0.717, 1.165) is 17.7 Å². The van der Waals surface area contributed by atoms with Gasteiger partial charge in [0.1, 0.15) is 0 Å². The van der Waals surface area contributed by atoms with Crippen LogP contribution < -0.4 is 11.5 Å². The van der Waals surface area contributed by atoms with Crippen LogP contribution in [-0.2, 0) is 0 Å². The van der Waals surface area contributed by atoms with Gasteiger partial charge in [0, 0.05) is 11.7 Å². The molecule has 1 atom stereocenters. The second kappa shape index (κ2) is 3.93. The largest absolute Gasteiger partial charge is 0.398 e. The maximum absolute atomic E-state index is 5.86. The Balaban J connectivity index is 2.86. The van der Waals surface area contributed by atoms with E-state index in [1.165, 1.54) is 0 Å². The van der Waals surface area contributed by atoms with E-state index in [4.69, 9.17) is 11.5 Å². The smallest absolute Gasteiger partial charge is 0.0362 e. The van der Waals surface area contributed by atoms with Crippen molar-refractivity contribution in [2.24, 2.45) is 5.73 Å². The summed E-state index contributed by atoms with van der Waals surface area (Å²) < 4.78 is 0. The lowest BCUT2D eigenvalue weighted by Crippen LogP contribution is -2.11. The number of hydrogen-bond donors (Lipinski definition) is 2. The molecule has 2 nitrogen and oxygen atoms in total. The fraction of sp³-hybridized carbons (Fsp3) is 0.200. The first-order chi connectivity index (χ1) is 5.75. The van der Waals surface area contributed by atoms with Gasteiger partial charge in [-0.05, 0) is 18.1 Å². The number of rotatable bonds is 3. The summed E-state index contributed by atoms with van der Waals surface area (Å²) in [4.78, 5) is 0. The molecular weight excluding hydrogens is 148 g/mol. The van der Waals surface area contributed by atoms with Crippen molar-refractivity contribution in [3.05, 3.63) is 42.5 Å². The van der Waals surface area contributed by atoms with Crippen molar-refractivity contribution in [1.82, 2.24) is 0 Å². The zero-order chi connectivity index (χ0) is 8.97. The lowest BCUT2D eigenvalue weighted by Gasteiger charge is -2.11. The molecule has 0 fully saturated rings. The summed E-state index contributed by atoms with van der Waals surface area (Å²) in [5.74, 6) is 0. The number of para-hydroxylation sites is 1. The summed E-state index contributed by atoms with van der Waals surface area (Å²) in [7, 11) is 0. The van der Waals surface area contributed by atoms with E-state index in [1.54, 1.807) is 6.08 Å². The molecular formula is C10H14N2. The molecule has 0 heterocycles. The SMILES string of the molecule is C=CCC(N)c1ccccc1N. The molecule has 0 spiro atoms. The van der Waals surface area contributed by atoms with Crippen LogP contribution in [0.1, 0.15) is 18.0 Å². The average Bonchev–Trinajstić information content (AvgIpc) is 2.05. The maximum atomic E-state index is 5.86. The molecule has 64 valence electrons. The lowest BCUT2D eigenvalue weighted by molar-refractivity contribution is 0.744. The average molecular weight is 162 g/mol. The predicted molar refractivity (Wildman–Crippen MR) is 52.6 cm³/mol. The van der Waals surface area contributed by atoms with Crippen LogP contribution in [0.15, 0.2) is 36.9 Å². The molecule has 1 aromatic rings. The molecule has 0 saturated heterocycles. The molecule has 0 aliphatic carbocycles. The van der Waals surface area contributed by atoms with Crippen LogP contribution in [0.3, 0.4) is 0 Å². The highest BCUT2D eigenvalue weighted by atomic mass is 14.7. The fourth-order valence-electron chi connectivity index (χ4n) is 1.16. The van der Waals surface area contributed by atoms with E-state index >= 15 is 0 Å². The molecule has 0 amide bonds. The quantitative estimate of drug-likeness (QED) is 0.526. The second-order valence-electron chi connectivity index (χ2n) is 2.76. The minimum Gasteiger partial charge on any atom is -0.398 e. The number of hydrogen-bond acceptors (Lipinski definition) is 2. The van der Waals surface area contributed by atoms with Gasteiger partial charge in [0.25, 0.3) is 0 Å². The Kier molecular flexibility index (Phi) is 2.88. The summed E-state index contributed by atoms with van der Waals surface area (Å²) in [6.45, 7) is 3.64. The summed E-state index contributed by atoms with van der Waals surface area (Å²) in [5, 5.41) is 0. The Morgan fingerprint density at radius 1 is 1.42 bits per heavy atom. The normalized spacial score (nSPS) is 12.4. The highest BCUT2D eigenvalue weighted by molar-refractivity contribution is 5.48. The predicted octanol–water partition coefficient (Wildman–Crippen LogP) is 1.84. The fourth-order valence-corrected chi connectivity index (χ4v) is 1.16. The zero-order valence-corrected chi connectivity index (χ0v) is 7.03. The van der Waals surface area contributed by atoms with Crippen molar-refractivity contribution < 1.29 is 0 Å². The topological polar surface area (TPSA) is 52.0 Å². The van der Waals surface area contributed by atoms with Crippen molar-refractivity contribution in [1.29, 1.82) is 0 Å². The highest BCUT2D eigenvalue weighted by Crippen LogP contribution is 2.20. The van der Waals surface area contributed by atoms with Crippen LogP contribution >= 0.6 is 0 Å². The molecule has 0 aliphatic heterocycles. The summed E-state index contributed by atoms with van der Waals surface area (Å²) in [6.07, 6.45) is 2.56. The first-order valence-corrected chi connectivity index (χ1v) is 3.96. The van der Waals surface area contributed by atoms with E-state index in [9.17, 15) is 0 Å². The first kappa shape index (κ1) is 8.81. The summed E-state index contributed by atoms with van der Waals surface area (Å²) >= 11 is 0. The van der Waals surface area contributed by atoms with Gasteiger partial charge >= 0.3 is 0 Å². The molecule has 0 aromatic heterocycles. The van der Waals surface area contributed by atoms with Gasteiger partial charge in [-0.2, -0.15) is 0 Å². The second-order valence-corrected chi connectivity index (χ2v) is 2.76. The van der Waals surface area contributed by atoms with Crippen LogP contribution in [0, 0.1) is 0 Å². The van der Waals surface area contributed by atoms with Crippen molar-refractivity contribution in [3.8, 4) is 0 Å². The van der Waals surface area contributed by atoms with E-state index < -0.39 is 0 Å². The van der Waals surface area contributed by atoms with Gasteiger partial charge < -0.3 is 11.5 Å². The molecule has 0 bridgehead atoms. The Morgan fingerprint density at radius 2 is 2.08 bits per heavy atom. The van der Waals surface area contributed by atoms with Crippen LogP contribution in [0.25, 0.3) is 0 Å². The van der Waals surface area contributed by atoms with Gasteiger partial charge in [-0.3, -0.25) is 0 Å². The van der Waals surface area contributed by atoms with E-state index in [-0.39, 0.29) is 6.04 Å². The lowest BCUT2D eigenvalue weighted by atomic mass is 10.0. The minimum atomic E-state index is -0.0244. The molecule has 1 aromatic carbocycles. The molecule has 2 heteroatoms. The van der Waals surface area contributed by atoms with Crippen LogP contribution in [-0.4, -0.2) is 0 Å².